The van der Waals surface area contributed by atoms with E-state index in [0.717, 1.165) is 24.0 Å². The number of ether oxygens (including phenoxy) is 3. The fraction of sp³-hybridized carbons (Fsp3) is 0.613. The maximum Gasteiger partial charge on any atom is 0.352 e. The highest BCUT2D eigenvalue weighted by molar-refractivity contribution is 5.90. The van der Waals surface area contributed by atoms with Crippen LogP contribution in [0.15, 0.2) is 24.0 Å². The number of nitrogens with one attached hydrogen (secondary N) is 2. The van der Waals surface area contributed by atoms with Crippen LogP contribution in [0.3, 0.4) is 0 Å². The number of rotatable bonds is 11. The van der Waals surface area contributed by atoms with E-state index in [9.17, 15) is 29.4 Å². The SMILES string of the molecule is CC(=O)N[C@@H](CCCCN)C(=O)N[C@@H](C)C(=O)O[C@@H](C)C(=O)OC1=CC[C@@]2(O)[C@@H]3CCC[C@@]24c2c(ccc(O)c2O[C@@H]14)C3. The van der Waals surface area contributed by atoms with Crippen molar-refractivity contribution in [3.63, 3.8) is 0 Å². The van der Waals surface area contributed by atoms with Gasteiger partial charge in [-0.15, -0.1) is 0 Å². The second kappa shape index (κ2) is 11.8. The zero-order valence-electron chi connectivity index (χ0n) is 24.8. The van der Waals surface area contributed by atoms with E-state index in [2.05, 4.69) is 10.6 Å². The molecule has 1 saturated carbocycles. The molecule has 3 aliphatic carbocycles. The molecule has 234 valence electrons. The van der Waals surface area contributed by atoms with Crippen molar-refractivity contribution < 1.29 is 43.6 Å². The Labute approximate surface area is 250 Å². The lowest BCUT2D eigenvalue weighted by Crippen LogP contribution is -2.67. The van der Waals surface area contributed by atoms with Gasteiger partial charge < -0.3 is 40.8 Å². The predicted octanol–water partition coefficient (Wildman–Crippen LogP) is 1.38. The summed E-state index contributed by atoms with van der Waals surface area (Å²) in [5.41, 5.74) is 5.36. The van der Waals surface area contributed by atoms with Gasteiger partial charge in [-0.25, -0.2) is 9.59 Å². The summed E-state index contributed by atoms with van der Waals surface area (Å²) in [6.07, 6.45) is 4.43. The number of hydrogen-bond acceptors (Lipinski definition) is 10. The van der Waals surface area contributed by atoms with E-state index in [1.54, 1.807) is 12.1 Å². The lowest BCUT2D eigenvalue weighted by Gasteiger charge is -2.59. The summed E-state index contributed by atoms with van der Waals surface area (Å²) in [6.45, 7) is 4.54. The number of phenolic OH excluding ortho intramolecular Hbond substituents is 1. The zero-order valence-corrected chi connectivity index (χ0v) is 24.8. The fourth-order valence-electron chi connectivity index (χ4n) is 7.43. The van der Waals surface area contributed by atoms with Crippen molar-refractivity contribution in [2.75, 3.05) is 6.54 Å². The first-order valence-corrected chi connectivity index (χ1v) is 15.1. The maximum absolute atomic E-state index is 13.2. The second-order valence-electron chi connectivity index (χ2n) is 12.2. The number of esters is 2. The highest BCUT2D eigenvalue weighted by Crippen LogP contribution is 2.67. The number of carbonyl (C=O) groups excluding carboxylic acids is 4. The minimum atomic E-state index is -1.32. The van der Waals surface area contributed by atoms with Gasteiger partial charge in [-0.2, -0.15) is 0 Å². The molecule has 0 radical (unpaired) electrons. The molecule has 12 heteroatoms. The number of phenols is 1. The van der Waals surface area contributed by atoms with Crippen molar-refractivity contribution in [2.45, 2.75) is 107 Å². The van der Waals surface area contributed by atoms with Crippen LogP contribution in [0.2, 0.25) is 0 Å². The molecule has 2 amide bonds. The monoisotopic (exact) mass is 599 g/mol. The second-order valence-corrected chi connectivity index (χ2v) is 12.2. The molecule has 2 bridgehead atoms. The molecule has 12 nitrogen and oxygen atoms in total. The van der Waals surface area contributed by atoms with Crippen LogP contribution in [-0.4, -0.2) is 70.4 Å². The third-order valence-electron chi connectivity index (χ3n) is 9.46. The third kappa shape index (κ3) is 5.24. The number of carbonyl (C=O) groups is 4. The number of nitrogens with two attached hydrogens (primary N) is 1. The molecular weight excluding hydrogens is 558 g/mol. The van der Waals surface area contributed by atoms with E-state index in [1.165, 1.54) is 20.8 Å². The minimum absolute atomic E-state index is 0.00586. The molecule has 43 heavy (non-hydrogen) atoms. The van der Waals surface area contributed by atoms with Crippen molar-refractivity contribution in [2.24, 2.45) is 11.7 Å². The normalized spacial score (nSPS) is 28.3. The molecule has 0 saturated heterocycles. The van der Waals surface area contributed by atoms with Gasteiger partial charge in [-0.3, -0.25) is 9.59 Å². The standard InChI is InChI=1S/C31H41N3O9/c1-16(33-27(37)21(34-18(3)35)8-4-5-14-32)28(38)41-17(2)29(39)42-23-11-13-31(40)20-7-6-12-30(31)24-19(15-20)9-10-22(36)25(24)43-26(23)30/h9-11,16-17,20-21,26,36,40H,4-8,12-15,32H2,1-3H3,(H,33,37)(H,34,35)/t16-,17-,20+,21-,26-,30-,31+/m0/s1. The summed E-state index contributed by atoms with van der Waals surface area (Å²) >= 11 is 0. The van der Waals surface area contributed by atoms with Crippen LogP contribution in [-0.2, 0) is 40.5 Å². The molecule has 7 atom stereocenters. The number of amides is 2. The first-order chi connectivity index (χ1) is 20.4. The van der Waals surface area contributed by atoms with E-state index >= 15 is 0 Å². The minimum Gasteiger partial charge on any atom is -0.504 e. The largest absolute Gasteiger partial charge is 0.504 e. The lowest BCUT2D eigenvalue weighted by molar-refractivity contribution is -0.172. The number of unbranched alkanes of at least 4 members (excludes halogenated alkanes) is 1. The van der Waals surface area contributed by atoms with Gasteiger partial charge in [-0.05, 0) is 89.0 Å². The molecule has 0 aromatic heterocycles. The average Bonchev–Trinajstić information content (AvgIpc) is 3.30. The summed E-state index contributed by atoms with van der Waals surface area (Å²) in [6, 6.07) is 1.53. The van der Waals surface area contributed by atoms with Crippen LogP contribution in [0.5, 0.6) is 11.5 Å². The number of benzene rings is 1. The molecule has 1 aromatic rings. The van der Waals surface area contributed by atoms with E-state index < -0.39 is 53.2 Å². The lowest BCUT2D eigenvalue weighted by atomic mass is 9.47. The highest BCUT2D eigenvalue weighted by atomic mass is 16.6. The van der Waals surface area contributed by atoms with E-state index in [-0.39, 0.29) is 29.8 Å². The Kier molecular flexibility index (Phi) is 8.45. The van der Waals surface area contributed by atoms with Crippen molar-refractivity contribution in [3.05, 3.63) is 35.1 Å². The molecule has 0 unspecified atom stereocenters. The van der Waals surface area contributed by atoms with Gasteiger partial charge in [0, 0.05) is 12.5 Å². The van der Waals surface area contributed by atoms with E-state index in [0.29, 0.717) is 44.4 Å². The van der Waals surface area contributed by atoms with Crippen molar-refractivity contribution in [3.8, 4) is 11.5 Å². The van der Waals surface area contributed by atoms with Crippen LogP contribution < -0.4 is 21.1 Å². The first kappa shape index (κ1) is 30.8. The topological polar surface area (TPSA) is 187 Å². The number of aromatic hydroxyl groups is 1. The molecule has 1 aromatic carbocycles. The summed E-state index contributed by atoms with van der Waals surface area (Å²) in [4.78, 5) is 50.2. The molecular formula is C31H41N3O9. The molecule has 5 rings (SSSR count). The Morgan fingerprint density at radius 1 is 1.16 bits per heavy atom. The van der Waals surface area contributed by atoms with E-state index in [1.807, 2.05) is 6.07 Å². The van der Waals surface area contributed by atoms with Gasteiger partial charge in [0.15, 0.2) is 23.7 Å². The smallest absolute Gasteiger partial charge is 0.352 e. The Bertz CT molecular complexity index is 1350. The maximum atomic E-state index is 13.2. The van der Waals surface area contributed by atoms with Crippen LogP contribution in [0.1, 0.15) is 76.8 Å². The van der Waals surface area contributed by atoms with Crippen LogP contribution >= 0.6 is 0 Å². The highest BCUT2D eigenvalue weighted by Gasteiger charge is 2.70. The molecule has 1 heterocycles. The molecule has 1 fully saturated rings. The van der Waals surface area contributed by atoms with Crippen molar-refractivity contribution in [1.29, 1.82) is 0 Å². The van der Waals surface area contributed by atoms with E-state index in [4.69, 9.17) is 19.9 Å². The molecule has 6 N–H and O–H groups in total. The van der Waals surface area contributed by atoms with Gasteiger partial charge in [0.05, 0.1) is 11.0 Å². The van der Waals surface area contributed by atoms with Crippen LogP contribution in [0.25, 0.3) is 0 Å². The predicted molar refractivity (Wildman–Crippen MR) is 153 cm³/mol. The van der Waals surface area contributed by atoms with Crippen LogP contribution in [0.4, 0.5) is 0 Å². The Balaban J connectivity index is 1.25. The molecule has 1 aliphatic heterocycles. The first-order valence-electron chi connectivity index (χ1n) is 15.1. The third-order valence-corrected chi connectivity index (χ3v) is 9.46. The molecule has 4 aliphatic rings. The van der Waals surface area contributed by atoms with Gasteiger partial charge in [0.25, 0.3) is 0 Å². The fourth-order valence-corrected chi connectivity index (χ4v) is 7.43. The van der Waals surface area contributed by atoms with Gasteiger partial charge in [0.1, 0.15) is 17.8 Å². The quantitative estimate of drug-likeness (QED) is 0.184. The Hall–Kier alpha value is -3.64. The zero-order chi connectivity index (χ0) is 31.1. The summed E-state index contributed by atoms with van der Waals surface area (Å²) in [7, 11) is 0. The number of hydrogen-bond donors (Lipinski definition) is 5. The summed E-state index contributed by atoms with van der Waals surface area (Å²) in [5, 5.41) is 27.8. The van der Waals surface area contributed by atoms with Crippen molar-refractivity contribution >= 4 is 23.8 Å². The Morgan fingerprint density at radius 3 is 2.65 bits per heavy atom. The average molecular weight is 600 g/mol. The number of aliphatic hydroxyl groups is 1. The van der Waals surface area contributed by atoms with Gasteiger partial charge in [0.2, 0.25) is 11.8 Å². The van der Waals surface area contributed by atoms with Crippen molar-refractivity contribution in [1.82, 2.24) is 10.6 Å². The van der Waals surface area contributed by atoms with Gasteiger partial charge >= 0.3 is 11.9 Å². The summed E-state index contributed by atoms with van der Waals surface area (Å²) < 4.78 is 17.4. The Morgan fingerprint density at radius 2 is 1.93 bits per heavy atom. The summed E-state index contributed by atoms with van der Waals surface area (Å²) in [5.74, 6) is -2.13. The van der Waals surface area contributed by atoms with Crippen LogP contribution in [0, 0.1) is 5.92 Å². The van der Waals surface area contributed by atoms with Gasteiger partial charge in [-0.1, -0.05) is 12.5 Å². The molecule has 1 spiro atoms.